The Hall–Kier alpha value is -3.02. The highest BCUT2D eigenvalue weighted by Crippen LogP contribution is 2.33. The molecule has 0 bridgehead atoms. The molecule has 1 aromatic heterocycles. The van der Waals surface area contributed by atoms with E-state index in [1.54, 1.807) is 24.3 Å². The maximum Gasteiger partial charge on any atom is 0.251 e. The molecule has 134 valence electrons. The maximum atomic E-state index is 13.4. The number of hydrogen-bond donors (Lipinski definition) is 2. The zero-order valence-electron chi connectivity index (χ0n) is 14.6. The van der Waals surface area contributed by atoms with Crippen molar-refractivity contribution in [3.8, 4) is 11.5 Å². The summed E-state index contributed by atoms with van der Waals surface area (Å²) in [6.07, 6.45) is 1.87. The molecule has 1 aliphatic rings. The number of halogens is 1. The van der Waals surface area contributed by atoms with Gasteiger partial charge in [-0.05, 0) is 42.0 Å². The highest BCUT2D eigenvalue weighted by atomic mass is 19.1. The molecule has 0 unspecified atom stereocenters. The molecular weight excluding hydrogens is 335 g/mol. The lowest BCUT2D eigenvalue weighted by molar-refractivity contribution is 0.0945. The third kappa shape index (κ3) is 2.87. The van der Waals surface area contributed by atoms with Gasteiger partial charge in [0.2, 0.25) is 6.79 Å². The molecule has 1 aliphatic heterocycles. The maximum absolute atomic E-state index is 13.4. The lowest BCUT2D eigenvalue weighted by Gasteiger charge is -2.25. The molecule has 26 heavy (non-hydrogen) atoms. The second-order valence-corrected chi connectivity index (χ2v) is 7.03. The molecule has 2 N–H and O–H groups in total. The van der Waals surface area contributed by atoms with Gasteiger partial charge < -0.3 is 19.8 Å². The second-order valence-electron chi connectivity index (χ2n) is 7.03. The third-order valence-electron chi connectivity index (χ3n) is 4.70. The predicted molar refractivity (Wildman–Crippen MR) is 96.2 cm³/mol. The van der Waals surface area contributed by atoms with E-state index in [0.717, 1.165) is 16.5 Å². The number of hydrogen-bond acceptors (Lipinski definition) is 3. The molecule has 0 saturated heterocycles. The Kier molecular flexibility index (Phi) is 3.83. The van der Waals surface area contributed by atoms with Gasteiger partial charge >= 0.3 is 0 Å². The SMILES string of the molecule is CC(C)(CNC(=O)c1ccc2c(c1)OCO2)c1c[nH]c2cc(F)ccc12. The minimum Gasteiger partial charge on any atom is -0.454 e. The van der Waals surface area contributed by atoms with Crippen LogP contribution in [-0.2, 0) is 5.41 Å². The summed E-state index contributed by atoms with van der Waals surface area (Å²) in [7, 11) is 0. The summed E-state index contributed by atoms with van der Waals surface area (Å²) in [5.41, 5.74) is 1.96. The molecule has 2 heterocycles. The van der Waals surface area contributed by atoms with Gasteiger partial charge in [0.25, 0.3) is 5.91 Å². The number of rotatable bonds is 4. The predicted octanol–water partition coefficient (Wildman–Crippen LogP) is 3.74. The van der Waals surface area contributed by atoms with Crippen molar-refractivity contribution in [2.24, 2.45) is 0 Å². The molecule has 4 rings (SSSR count). The standard InChI is InChI=1S/C20H19FN2O3/c1-20(2,15-9-22-16-8-13(21)4-5-14(15)16)10-23-19(24)12-3-6-17-18(7-12)26-11-25-17/h3-9,22H,10-11H2,1-2H3,(H,23,24). The summed E-state index contributed by atoms with van der Waals surface area (Å²) in [6.45, 7) is 4.69. The number of aromatic amines is 1. The summed E-state index contributed by atoms with van der Waals surface area (Å²) < 4.78 is 24.0. The van der Waals surface area contributed by atoms with E-state index >= 15 is 0 Å². The van der Waals surface area contributed by atoms with Crippen LogP contribution in [-0.4, -0.2) is 24.2 Å². The Labute approximate surface area is 150 Å². The van der Waals surface area contributed by atoms with E-state index in [-0.39, 0.29) is 23.9 Å². The molecule has 0 atom stereocenters. The number of benzene rings is 2. The quantitative estimate of drug-likeness (QED) is 0.750. The van der Waals surface area contributed by atoms with Gasteiger partial charge in [-0.2, -0.15) is 0 Å². The Morgan fingerprint density at radius 1 is 1.19 bits per heavy atom. The summed E-state index contributed by atoms with van der Waals surface area (Å²) in [6, 6.07) is 9.80. The van der Waals surface area contributed by atoms with E-state index in [4.69, 9.17) is 9.47 Å². The molecule has 3 aromatic rings. The first-order chi connectivity index (χ1) is 12.4. The van der Waals surface area contributed by atoms with Crippen LogP contribution in [0.15, 0.2) is 42.6 Å². The van der Waals surface area contributed by atoms with Crippen LogP contribution in [0.1, 0.15) is 29.8 Å². The van der Waals surface area contributed by atoms with E-state index in [0.29, 0.717) is 23.6 Å². The van der Waals surface area contributed by atoms with Crippen LogP contribution in [0.25, 0.3) is 10.9 Å². The van der Waals surface area contributed by atoms with Gasteiger partial charge in [0.05, 0.1) is 0 Å². The minimum atomic E-state index is -0.331. The molecule has 0 radical (unpaired) electrons. The van der Waals surface area contributed by atoms with Crippen molar-refractivity contribution < 1.29 is 18.7 Å². The van der Waals surface area contributed by atoms with Crippen LogP contribution in [0, 0.1) is 5.82 Å². The smallest absolute Gasteiger partial charge is 0.251 e. The van der Waals surface area contributed by atoms with Crippen LogP contribution in [0.5, 0.6) is 11.5 Å². The van der Waals surface area contributed by atoms with Gasteiger partial charge in [-0.25, -0.2) is 4.39 Å². The Morgan fingerprint density at radius 2 is 2.00 bits per heavy atom. The van der Waals surface area contributed by atoms with Crippen LogP contribution in [0.3, 0.4) is 0 Å². The average molecular weight is 354 g/mol. The van der Waals surface area contributed by atoms with Gasteiger partial charge in [0.1, 0.15) is 5.82 Å². The number of fused-ring (bicyclic) bond motifs is 2. The molecule has 0 fully saturated rings. The first-order valence-corrected chi connectivity index (χ1v) is 8.39. The van der Waals surface area contributed by atoms with Crippen molar-refractivity contribution in [2.45, 2.75) is 19.3 Å². The van der Waals surface area contributed by atoms with Gasteiger partial charge in [0.15, 0.2) is 11.5 Å². The van der Waals surface area contributed by atoms with Crippen molar-refractivity contribution in [1.82, 2.24) is 10.3 Å². The minimum absolute atomic E-state index is 0.175. The molecule has 0 aliphatic carbocycles. The number of carbonyl (C=O) groups excluding carboxylic acids is 1. The summed E-state index contributed by atoms with van der Waals surface area (Å²) >= 11 is 0. The van der Waals surface area contributed by atoms with Crippen molar-refractivity contribution in [3.63, 3.8) is 0 Å². The fraction of sp³-hybridized carbons (Fsp3) is 0.250. The number of nitrogens with one attached hydrogen (secondary N) is 2. The molecule has 0 spiro atoms. The summed E-state index contributed by atoms with van der Waals surface area (Å²) in [5.74, 6) is 0.769. The molecular formula is C20H19FN2O3. The summed E-state index contributed by atoms with van der Waals surface area (Å²) in [4.78, 5) is 15.6. The van der Waals surface area contributed by atoms with Crippen LogP contribution >= 0.6 is 0 Å². The fourth-order valence-electron chi connectivity index (χ4n) is 3.19. The van der Waals surface area contributed by atoms with Gasteiger partial charge in [-0.15, -0.1) is 0 Å². The number of carbonyl (C=O) groups is 1. The molecule has 5 nitrogen and oxygen atoms in total. The third-order valence-corrected chi connectivity index (χ3v) is 4.70. The normalized spacial score (nSPS) is 13.2. The highest BCUT2D eigenvalue weighted by molar-refractivity contribution is 5.95. The molecule has 1 amide bonds. The van der Waals surface area contributed by atoms with Crippen molar-refractivity contribution in [2.75, 3.05) is 13.3 Å². The van der Waals surface area contributed by atoms with Crippen LogP contribution < -0.4 is 14.8 Å². The van der Waals surface area contributed by atoms with Crippen molar-refractivity contribution in [3.05, 3.63) is 59.5 Å². The number of aromatic nitrogens is 1. The average Bonchev–Trinajstić information content (AvgIpc) is 3.25. The van der Waals surface area contributed by atoms with E-state index in [1.165, 1.54) is 12.1 Å². The zero-order valence-corrected chi connectivity index (χ0v) is 14.6. The Bertz CT molecular complexity index is 994. The zero-order chi connectivity index (χ0) is 18.3. The van der Waals surface area contributed by atoms with E-state index < -0.39 is 0 Å². The van der Waals surface area contributed by atoms with Crippen LogP contribution in [0.4, 0.5) is 4.39 Å². The summed E-state index contributed by atoms with van der Waals surface area (Å²) in [5, 5.41) is 3.92. The van der Waals surface area contributed by atoms with Gasteiger partial charge in [0, 0.05) is 34.6 Å². The largest absolute Gasteiger partial charge is 0.454 e. The number of H-pyrrole nitrogens is 1. The Morgan fingerprint density at radius 3 is 2.85 bits per heavy atom. The van der Waals surface area contributed by atoms with Crippen molar-refractivity contribution >= 4 is 16.8 Å². The van der Waals surface area contributed by atoms with Gasteiger partial charge in [-0.3, -0.25) is 4.79 Å². The topological polar surface area (TPSA) is 63.4 Å². The van der Waals surface area contributed by atoms with E-state index in [1.807, 2.05) is 20.0 Å². The monoisotopic (exact) mass is 354 g/mol. The Balaban J connectivity index is 1.51. The number of amides is 1. The van der Waals surface area contributed by atoms with E-state index in [2.05, 4.69) is 10.3 Å². The lowest BCUT2D eigenvalue weighted by Crippen LogP contribution is -2.36. The first kappa shape index (κ1) is 16.4. The number of ether oxygens (including phenoxy) is 2. The second kappa shape index (κ2) is 6.05. The molecule has 6 heteroatoms. The molecule has 0 saturated carbocycles. The van der Waals surface area contributed by atoms with Crippen molar-refractivity contribution in [1.29, 1.82) is 0 Å². The van der Waals surface area contributed by atoms with Gasteiger partial charge in [-0.1, -0.05) is 13.8 Å². The lowest BCUT2D eigenvalue weighted by atomic mass is 9.84. The van der Waals surface area contributed by atoms with Crippen LogP contribution in [0.2, 0.25) is 0 Å². The fourth-order valence-corrected chi connectivity index (χ4v) is 3.19. The van der Waals surface area contributed by atoms with E-state index in [9.17, 15) is 9.18 Å². The highest BCUT2D eigenvalue weighted by Gasteiger charge is 2.25. The molecule has 2 aromatic carbocycles. The first-order valence-electron chi connectivity index (χ1n) is 8.39.